The quantitative estimate of drug-likeness (QED) is 0.591. The molecule has 1 N–H and O–H groups in total. The minimum atomic E-state index is 0.630. The molecule has 0 saturated carbocycles. The monoisotopic (exact) mass is 115 g/mol. The van der Waals surface area contributed by atoms with Crippen molar-refractivity contribution in [2.45, 2.75) is 46.2 Å². The Labute approximate surface area is 52.5 Å². The average molecular weight is 115 g/mol. The normalized spacial score (nSPS) is 14.6. The minimum absolute atomic E-state index is 0.630. The fourth-order valence-electron chi connectivity index (χ4n) is 0.687. The van der Waals surface area contributed by atoms with E-state index in [1.807, 2.05) is 0 Å². The molecule has 0 aromatic heterocycles. The maximum absolute atomic E-state index is 3.39. The highest BCUT2D eigenvalue weighted by molar-refractivity contribution is 4.60. The molecule has 1 heteroatoms. The molecule has 0 bridgehead atoms. The molecule has 1 nitrogen and oxygen atoms in total. The van der Waals surface area contributed by atoms with Crippen molar-refractivity contribution in [3.63, 3.8) is 0 Å². The number of hydrogen-bond acceptors (Lipinski definition) is 1. The summed E-state index contributed by atoms with van der Waals surface area (Å²) in [6.45, 7) is 8.75. The molecule has 0 fully saturated rings. The smallest absolute Gasteiger partial charge is 0.00384 e. The zero-order valence-electron chi connectivity index (χ0n) is 6.36. The van der Waals surface area contributed by atoms with Gasteiger partial charge in [-0.15, -0.1) is 0 Å². The lowest BCUT2D eigenvalue weighted by Gasteiger charge is -2.13. The lowest BCUT2D eigenvalue weighted by Crippen LogP contribution is -2.31. The Kier molecular flexibility index (Phi) is 3.88. The Morgan fingerprint density at radius 2 is 1.75 bits per heavy atom. The molecule has 0 aromatic rings. The van der Waals surface area contributed by atoms with Crippen LogP contribution in [0.2, 0.25) is 0 Å². The molecule has 1 atom stereocenters. The molecule has 0 spiro atoms. The molecule has 0 aliphatic rings. The van der Waals surface area contributed by atoms with Crippen LogP contribution in [0.3, 0.4) is 0 Å². The number of hydrogen-bond donors (Lipinski definition) is 1. The van der Waals surface area contributed by atoms with Gasteiger partial charge < -0.3 is 5.32 Å². The van der Waals surface area contributed by atoms with Crippen molar-refractivity contribution in [1.82, 2.24) is 5.32 Å². The Bertz CT molecular complexity index is 50.3. The maximum Gasteiger partial charge on any atom is 0.00384 e. The fraction of sp³-hybridized carbons (Fsp3) is 1.00. The topological polar surface area (TPSA) is 12.0 Å². The van der Waals surface area contributed by atoms with Crippen molar-refractivity contribution in [2.75, 3.05) is 0 Å². The van der Waals surface area contributed by atoms with Gasteiger partial charge in [0.2, 0.25) is 0 Å². The van der Waals surface area contributed by atoms with Gasteiger partial charge in [-0.3, -0.25) is 0 Å². The second kappa shape index (κ2) is 3.90. The van der Waals surface area contributed by atoms with E-state index in [4.69, 9.17) is 0 Å². The molecule has 0 heterocycles. The van der Waals surface area contributed by atoms with Gasteiger partial charge in [0.05, 0.1) is 0 Å². The summed E-state index contributed by atoms with van der Waals surface area (Å²) in [7, 11) is 0. The molecular weight excluding hydrogens is 98.1 g/mol. The van der Waals surface area contributed by atoms with Crippen molar-refractivity contribution in [3.05, 3.63) is 0 Å². The Balaban J connectivity index is 3.10. The van der Waals surface area contributed by atoms with Crippen LogP contribution >= 0.6 is 0 Å². The van der Waals surface area contributed by atoms with Crippen LogP contribution in [0.4, 0.5) is 0 Å². The van der Waals surface area contributed by atoms with Crippen molar-refractivity contribution in [1.29, 1.82) is 0 Å². The van der Waals surface area contributed by atoms with Gasteiger partial charge in [0, 0.05) is 12.1 Å². The molecule has 8 heavy (non-hydrogen) atoms. The van der Waals surface area contributed by atoms with E-state index in [0.29, 0.717) is 12.1 Å². The predicted molar refractivity (Wildman–Crippen MR) is 38.0 cm³/mol. The van der Waals surface area contributed by atoms with Crippen molar-refractivity contribution in [2.24, 2.45) is 0 Å². The second-order valence-corrected chi connectivity index (χ2v) is 2.63. The highest BCUT2D eigenvalue weighted by Crippen LogP contribution is 1.89. The van der Waals surface area contributed by atoms with E-state index in [-0.39, 0.29) is 0 Å². The van der Waals surface area contributed by atoms with Crippen LogP contribution in [0.15, 0.2) is 0 Å². The van der Waals surface area contributed by atoms with Crippen LogP contribution in [-0.4, -0.2) is 12.1 Å². The van der Waals surface area contributed by atoms with Gasteiger partial charge in [-0.2, -0.15) is 0 Å². The second-order valence-electron chi connectivity index (χ2n) is 2.63. The first-order valence-corrected chi connectivity index (χ1v) is 3.42. The third kappa shape index (κ3) is 4.13. The molecule has 50 valence electrons. The van der Waals surface area contributed by atoms with E-state index in [9.17, 15) is 0 Å². The minimum Gasteiger partial charge on any atom is -0.312 e. The van der Waals surface area contributed by atoms with Crippen LogP contribution in [0, 0.1) is 0 Å². The van der Waals surface area contributed by atoms with E-state index >= 15 is 0 Å². The van der Waals surface area contributed by atoms with Gasteiger partial charge in [0.1, 0.15) is 0 Å². The summed E-state index contributed by atoms with van der Waals surface area (Å²) in [5, 5.41) is 3.39. The van der Waals surface area contributed by atoms with E-state index in [1.54, 1.807) is 0 Å². The zero-order chi connectivity index (χ0) is 6.57. The summed E-state index contributed by atoms with van der Waals surface area (Å²) in [6, 6.07) is 1.31. The summed E-state index contributed by atoms with van der Waals surface area (Å²) in [5.74, 6) is 0. The molecule has 0 unspecified atom stereocenters. The third-order valence-electron chi connectivity index (χ3n) is 1.23. The lowest BCUT2D eigenvalue weighted by atomic mass is 10.2. The van der Waals surface area contributed by atoms with Crippen molar-refractivity contribution in [3.8, 4) is 0 Å². The fourth-order valence-corrected chi connectivity index (χ4v) is 0.687. The molecule has 0 aliphatic carbocycles. The summed E-state index contributed by atoms with van der Waals surface area (Å²) < 4.78 is 0. The highest BCUT2D eigenvalue weighted by Gasteiger charge is 1.97. The SMILES string of the molecule is CC[C@H](C)NC(C)C. The van der Waals surface area contributed by atoms with Gasteiger partial charge in [0.25, 0.3) is 0 Å². The van der Waals surface area contributed by atoms with E-state index in [2.05, 4.69) is 33.0 Å². The predicted octanol–water partition coefficient (Wildman–Crippen LogP) is 1.78. The van der Waals surface area contributed by atoms with Gasteiger partial charge in [-0.1, -0.05) is 20.8 Å². The van der Waals surface area contributed by atoms with Crippen LogP contribution in [-0.2, 0) is 0 Å². The van der Waals surface area contributed by atoms with Crippen molar-refractivity contribution < 1.29 is 0 Å². The summed E-state index contributed by atoms with van der Waals surface area (Å²) in [4.78, 5) is 0. The van der Waals surface area contributed by atoms with Crippen LogP contribution < -0.4 is 5.32 Å². The molecule has 0 radical (unpaired) electrons. The summed E-state index contributed by atoms with van der Waals surface area (Å²) >= 11 is 0. The first-order chi connectivity index (χ1) is 3.66. The molecular formula is C7H17N. The first kappa shape index (κ1) is 7.96. The third-order valence-corrected chi connectivity index (χ3v) is 1.23. The molecule has 0 saturated heterocycles. The van der Waals surface area contributed by atoms with Gasteiger partial charge in [-0.25, -0.2) is 0 Å². The van der Waals surface area contributed by atoms with E-state index in [1.165, 1.54) is 6.42 Å². The number of nitrogens with one attached hydrogen (secondary N) is 1. The van der Waals surface area contributed by atoms with E-state index < -0.39 is 0 Å². The van der Waals surface area contributed by atoms with Crippen LogP contribution in [0.1, 0.15) is 34.1 Å². The molecule has 0 rings (SSSR count). The van der Waals surface area contributed by atoms with E-state index in [0.717, 1.165) is 0 Å². The van der Waals surface area contributed by atoms with Gasteiger partial charge in [0.15, 0.2) is 0 Å². The Hall–Kier alpha value is -0.0400. The van der Waals surface area contributed by atoms with Crippen LogP contribution in [0.25, 0.3) is 0 Å². The molecule has 0 aromatic carbocycles. The Morgan fingerprint density at radius 3 is 1.88 bits per heavy atom. The average Bonchev–Trinajstić information content (AvgIpc) is 1.65. The van der Waals surface area contributed by atoms with Crippen LogP contribution in [0.5, 0.6) is 0 Å². The first-order valence-electron chi connectivity index (χ1n) is 3.42. The summed E-state index contributed by atoms with van der Waals surface area (Å²) in [5.41, 5.74) is 0. The lowest BCUT2D eigenvalue weighted by molar-refractivity contribution is 0.479. The zero-order valence-corrected chi connectivity index (χ0v) is 6.36. The maximum atomic E-state index is 3.39. The Morgan fingerprint density at radius 1 is 1.25 bits per heavy atom. The van der Waals surface area contributed by atoms with Gasteiger partial charge >= 0.3 is 0 Å². The standard InChI is InChI=1S/C7H17N/c1-5-7(4)8-6(2)3/h6-8H,5H2,1-4H3/t7-/m0/s1. The largest absolute Gasteiger partial charge is 0.312 e. The van der Waals surface area contributed by atoms with Crippen molar-refractivity contribution >= 4 is 0 Å². The van der Waals surface area contributed by atoms with Gasteiger partial charge in [-0.05, 0) is 13.3 Å². The highest BCUT2D eigenvalue weighted by atomic mass is 14.9. The molecule has 0 amide bonds. The summed E-state index contributed by atoms with van der Waals surface area (Å²) in [6.07, 6.45) is 1.22. The number of rotatable bonds is 3. The molecule has 0 aliphatic heterocycles.